The molecule has 0 aliphatic carbocycles. The van der Waals surface area contributed by atoms with Gasteiger partial charge >= 0.3 is 0 Å². The number of anilines is 1. The SMILES string of the molecule is CC(=O)CN1CCN(c2ccnc3cc(Cl)ccc23)CC1. The van der Waals surface area contributed by atoms with Crippen molar-refractivity contribution in [3.8, 4) is 0 Å². The van der Waals surface area contributed by atoms with E-state index in [0.717, 1.165) is 37.1 Å². The number of pyridine rings is 1. The minimum absolute atomic E-state index is 0.229. The van der Waals surface area contributed by atoms with Gasteiger partial charge in [0.15, 0.2) is 0 Å². The Bertz CT molecular complexity index is 666. The molecule has 0 N–H and O–H groups in total. The lowest BCUT2D eigenvalue weighted by molar-refractivity contribution is -0.118. The van der Waals surface area contributed by atoms with Crippen LogP contribution in [0.15, 0.2) is 30.5 Å². The van der Waals surface area contributed by atoms with Crippen LogP contribution in [0.3, 0.4) is 0 Å². The van der Waals surface area contributed by atoms with E-state index in [4.69, 9.17) is 11.6 Å². The standard InChI is InChI=1S/C16H18ClN3O/c1-12(21)11-19-6-8-20(9-7-19)16-4-5-18-15-10-13(17)2-3-14(15)16/h2-5,10H,6-9,11H2,1H3. The highest BCUT2D eigenvalue weighted by molar-refractivity contribution is 6.31. The average molecular weight is 304 g/mol. The van der Waals surface area contributed by atoms with Crippen LogP contribution in [0.5, 0.6) is 0 Å². The van der Waals surface area contributed by atoms with Gasteiger partial charge in [-0.25, -0.2) is 0 Å². The molecule has 2 heterocycles. The van der Waals surface area contributed by atoms with Crippen molar-refractivity contribution in [2.45, 2.75) is 6.92 Å². The monoisotopic (exact) mass is 303 g/mol. The maximum absolute atomic E-state index is 11.2. The number of carbonyl (C=O) groups is 1. The summed E-state index contributed by atoms with van der Waals surface area (Å²) in [4.78, 5) is 20.1. The molecule has 0 unspecified atom stereocenters. The third kappa shape index (κ3) is 3.17. The number of rotatable bonds is 3. The van der Waals surface area contributed by atoms with E-state index < -0.39 is 0 Å². The number of Topliss-reactive ketones (excluding diaryl/α,β-unsaturated/α-hetero) is 1. The Hall–Kier alpha value is -1.65. The van der Waals surface area contributed by atoms with Crippen molar-refractivity contribution in [1.82, 2.24) is 9.88 Å². The molecule has 1 aliphatic heterocycles. The first-order valence-corrected chi connectivity index (χ1v) is 7.52. The highest BCUT2D eigenvalue weighted by atomic mass is 35.5. The number of aromatic nitrogens is 1. The number of benzene rings is 1. The van der Waals surface area contributed by atoms with Gasteiger partial charge in [0.25, 0.3) is 0 Å². The summed E-state index contributed by atoms with van der Waals surface area (Å²) in [6.07, 6.45) is 1.83. The largest absolute Gasteiger partial charge is 0.368 e. The van der Waals surface area contributed by atoms with Crippen molar-refractivity contribution in [2.75, 3.05) is 37.6 Å². The Morgan fingerprint density at radius 3 is 2.71 bits per heavy atom. The molecule has 5 heteroatoms. The number of ketones is 1. The van der Waals surface area contributed by atoms with Crippen LogP contribution < -0.4 is 4.90 Å². The van der Waals surface area contributed by atoms with E-state index in [1.54, 1.807) is 6.92 Å². The van der Waals surface area contributed by atoms with Gasteiger partial charge in [-0.1, -0.05) is 11.6 Å². The van der Waals surface area contributed by atoms with Crippen molar-refractivity contribution in [1.29, 1.82) is 0 Å². The molecular weight excluding hydrogens is 286 g/mol. The molecule has 110 valence electrons. The molecule has 0 saturated carbocycles. The number of carbonyl (C=O) groups excluding carboxylic acids is 1. The number of fused-ring (bicyclic) bond motifs is 1. The zero-order chi connectivity index (χ0) is 14.8. The van der Waals surface area contributed by atoms with Crippen molar-refractivity contribution >= 4 is 34.0 Å². The molecule has 0 radical (unpaired) electrons. The van der Waals surface area contributed by atoms with E-state index in [-0.39, 0.29) is 5.78 Å². The van der Waals surface area contributed by atoms with Gasteiger partial charge < -0.3 is 4.90 Å². The number of nitrogens with zero attached hydrogens (tertiary/aromatic N) is 3. The summed E-state index contributed by atoms with van der Waals surface area (Å²) in [5.41, 5.74) is 2.12. The lowest BCUT2D eigenvalue weighted by atomic mass is 10.1. The zero-order valence-corrected chi connectivity index (χ0v) is 12.8. The molecule has 0 spiro atoms. The molecule has 1 aliphatic rings. The van der Waals surface area contributed by atoms with Crippen molar-refractivity contribution in [3.63, 3.8) is 0 Å². The first kappa shape index (κ1) is 14.3. The molecule has 1 fully saturated rings. The summed E-state index contributed by atoms with van der Waals surface area (Å²) in [7, 11) is 0. The van der Waals surface area contributed by atoms with Crippen LogP contribution in [0.4, 0.5) is 5.69 Å². The minimum Gasteiger partial charge on any atom is -0.368 e. The third-order valence-corrected chi connectivity index (χ3v) is 4.08. The van der Waals surface area contributed by atoms with E-state index in [1.165, 1.54) is 5.69 Å². The Kier molecular flexibility index (Phi) is 4.08. The van der Waals surface area contributed by atoms with Gasteiger partial charge in [0.2, 0.25) is 0 Å². The van der Waals surface area contributed by atoms with E-state index in [2.05, 4.69) is 20.9 Å². The molecular formula is C16H18ClN3O. The van der Waals surface area contributed by atoms with Crippen LogP contribution >= 0.6 is 11.6 Å². The summed E-state index contributed by atoms with van der Waals surface area (Å²) in [5, 5.41) is 1.83. The fourth-order valence-electron chi connectivity index (χ4n) is 2.84. The van der Waals surface area contributed by atoms with Crippen LogP contribution in [0.25, 0.3) is 10.9 Å². The van der Waals surface area contributed by atoms with Crippen LogP contribution in [0.2, 0.25) is 5.02 Å². The van der Waals surface area contributed by atoms with E-state index >= 15 is 0 Å². The maximum atomic E-state index is 11.2. The fraction of sp³-hybridized carbons (Fsp3) is 0.375. The summed E-state index contributed by atoms with van der Waals surface area (Å²) in [6.45, 7) is 5.88. The van der Waals surface area contributed by atoms with Gasteiger partial charge in [0, 0.05) is 48.5 Å². The second-order valence-corrected chi connectivity index (χ2v) is 5.89. The number of hydrogen-bond donors (Lipinski definition) is 0. The Morgan fingerprint density at radius 2 is 2.00 bits per heavy atom. The van der Waals surface area contributed by atoms with Crippen molar-refractivity contribution < 1.29 is 4.79 Å². The molecule has 3 rings (SSSR count). The lowest BCUT2D eigenvalue weighted by Gasteiger charge is -2.36. The summed E-state index contributed by atoms with van der Waals surface area (Å²) in [6, 6.07) is 7.88. The Labute approximate surface area is 129 Å². The molecule has 1 aromatic carbocycles. The van der Waals surface area contributed by atoms with E-state index in [1.807, 2.05) is 24.4 Å². The molecule has 0 amide bonds. The van der Waals surface area contributed by atoms with E-state index in [0.29, 0.717) is 11.6 Å². The first-order valence-electron chi connectivity index (χ1n) is 7.14. The Balaban J connectivity index is 1.81. The normalized spacial score (nSPS) is 16.4. The maximum Gasteiger partial charge on any atom is 0.143 e. The molecule has 0 atom stereocenters. The average Bonchev–Trinajstić information content (AvgIpc) is 2.46. The number of halogens is 1. The fourth-order valence-corrected chi connectivity index (χ4v) is 3.01. The third-order valence-electron chi connectivity index (χ3n) is 3.84. The first-order chi connectivity index (χ1) is 10.1. The minimum atomic E-state index is 0.229. The van der Waals surface area contributed by atoms with Gasteiger partial charge in [-0.15, -0.1) is 0 Å². The van der Waals surface area contributed by atoms with Crippen molar-refractivity contribution in [3.05, 3.63) is 35.5 Å². The molecule has 0 bridgehead atoms. The number of hydrogen-bond acceptors (Lipinski definition) is 4. The summed E-state index contributed by atoms with van der Waals surface area (Å²) < 4.78 is 0. The van der Waals surface area contributed by atoms with Crippen molar-refractivity contribution in [2.24, 2.45) is 0 Å². The van der Waals surface area contributed by atoms with Gasteiger partial charge in [0.1, 0.15) is 5.78 Å². The summed E-state index contributed by atoms with van der Waals surface area (Å²) in [5.74, 6) is 0.229. The second-order valence-electron chi connectivity index (χ2n) is 5.46. The van der Waals surface area contributed by atoms with Gasteiger partial charge in [-0.3, -0.25) is 14.7 Å². The molecule has 4 nitrogen and oxygen atoms in total. The highest BCUT2D eigenvalue weighted by Gasteiger charge is 2.19. The predicted molar refractivity (Wildman–Crippen MR) is 86.1 cm³/mol. The van der Waals surface area contributed by atoms with Crippen LogP contribution in [0.1, 0.15) is 6.92 Å². The molecule has 1 aromatic heterocycles. The second kappa shape index (κ2) is 6.00. The topological polar surface area (TPSA) is 36.4 Å². The Morgan fingerprint density at radius 1 is 1.24 bits per heavy atom. The van der Waals surface area contributed by atoms with E-state index in [9.17, 15) is 4.79 Å². The molecule has 21 heavy (non-hydrogen) atoms. The molecule has 2 aromatic rings. The molecule has 1 saturated heterocycles. The quantitative estimate of drug-likeness (QED) is 0.873. The predicted octanol–water partition coefficient (Wildman–Crippen LogP) is 2.60. The zero-order valence-electron chi connectivity index (χ0n) is 12.1. The van der Waals surface area contributed by atoms with Gasteiger partial charge in [-0.2, -0.15) is 0 Å². The van der Waals surface area contributed by atoms with Crippen LogP contribution in [-0.2, 0) is 4.79 Å². The summed E-state index contributed by atoms with van der Waals surface area (Å²) >= 11 is 6.03. The van der Waals surface area contributed by atoms with Gasteiger partial charge in [-0.05, 0) is 31.2 Å². The smallest absolute Gasteiger partial charge is 0.143 e. The highest BCUT2D eigenvalue weighted by Crippen LogP contribution is 2.28. The van der Waals surface area contributed by atoms with Gasteiger partial charge in [0.05, 0.1) is 12.1 Å². The number of piperazine rings is 1. The van der Waals surface area contributed by atoms with Crippen LogP contribution in [-0.4, -0.2) is 48.4 Å². The van der Waals surface area contributed by atoms with Crippen LogP contribution in [0, 0.1) is 0 Å². The lowest BCUT2D eigenvalue weighted by Crippen LogP contribution is -2.47.